The molecule has 1 aliphatic heterocycles. The molecule has 0 amide bonds. The molecule has 1 aromatic carbocycles. The molecule has 0 saturated carbocycles. The Balaban J connectivity index is 2.16. The third kappa shape index (κ3) is 2.39. The molecule has 0 N–H and O–H groups in total. The van der Waals surface area contributed by atoms with Crippen molar-refractivity contribution in [2.45, 2.75) is 6.92 Å². The smallest absolute Gasteiger partial charge is 0.142 e. The fraction of sp³-hybridized carbons (Fsp3) is 0.375. The molecule has 2 aromatic rings. The molecule has 3 rings (SSSR count). The Morgan fingerprint density at radius 1 is 1.33 bits per heavy atom. The van der Waals surface area contributed by atoms with Crippen LogP contribution in [0.1, 0.15) is 11.1 Å². The Kier molecular flexibility index (Phi) is 3.63. The van der Waals surface area contributed by atoms with Crippen LogP contribution in [0.5, 0.6) is 5.75 Å². The predicted molar refractivity (Wildman–Crippen MR) is 80.8 cm³/mol. The second-order valence-corrected chi connectivity index (χ2v) is 5.05. The van der Waals surface area contributed by atoms with Gasteiger partial charge < -0.3 is 14.4 Å². The minimum absolute atomic E-state index is 0.601. The second-order valence-electron chi connectivity index (χ2n) is 5.05. The van der Waals surface area contributed by atoms with Crippen molar-refractivity contribution in [3.05, 3.63) is 29.5 Å². The molecule has 0 spiro atoms. The minimum Gasteiger partial charge on any atom is -0.495 e. The molecule has 5 heteroatoms. The van der Waals surface area contributed by atoms with Gasteiger partial charge in [-0.2, -0.15) is 5.26 Å². The number of fused-ring (bicyclic) bond motifs is 1. The number of ether oxygens (including phenoxy) is 2. The summed E-state index contributed by atoms with van der Waals surface area (Å²) in [4.78, 5) is 6.65. The summed E-state index contributed by atoms with van der Waals surface area (Å²) in [6.07, 6.45) is 1.63. The molecule has 1 aliphatic rings. The first-order valence-corrected chi connectivity index (χ1v) is 6.94. The number of rotatable bonds is 2. The van der Waals surface area contributed by atoms with Crippen molar-refractivity contribution in [2.24, 2.45) is 0 Å². The number of methoxy groups -OCH3 is 1. The Morgan fingerprint density at radius 3 is 2.76 bits per heavy atom. The summed E-state index contributed by atoms with van der Waals surface area (Å²) in [5.74, 6) is 0.810. The summed E-state index contributed by atoms with van der Waals surface area (Å²) in [5.41, 5.74) is 3.46. The van der Waals surface area contributed by atoms with Crippen molar-refractivity contribution in [2.75, 3.05) is 38.3 Å². The van der Waals surface area contributed by atoms with Crippen LogP contribution in [0, 0.1) is 18.3 Å². The van der Waals surface area contributed by atoms with E-state index in [4.69, 9.17) is 14.7 Å². The maximum Gasteiger partial charge on any atom is 0.142 e. The van der Waals surface area contributed by atoms with Crippen molar-refractivity contribution < 1.29 is 9.47 Å². The average molecular weight is 283 g/mol. The van der Waals surface area contributed by atoms with Crippen LogP contribution in [-0.4, -0.2) is 38.4 Å². The molecular weight excluding hydrogens is 266 g/mol. The topological polar surface area (TPSA) is 58.4 Å². The molecule has 1 saturated heterocycles. The zero-order valence-corrected chi connectivity index (χ0v) is 12.2. The highest BCUT2D eigenvalue weighted by Gasteiger charge is 2.17. The van der Waals surface area contributed by atoms with Crippen molar-refractivity contribution in [3.8, 4) is 11.8 Å². The van der Waals surface area contributed by atoms with Gasteiger partial charge in [0.1, 0.15) is 11.8 Å². The van der Waals surface area contributed by atoms with Crippen LogP contribution >= 0.6 is 0 Å². The number of hydrogen-bond donors (Lipinski definition) is 0. The van der Waals surface area contributed by atoms with E-state index in [1.807, 2.05) is 19.1 Å². The van der Waals surface area contributed by atoms with Crippen LogP contribution in [0.15, 0.2) is 18.3 Å². The van der Waals surface area contributed by atoms with Gasteiger partial charge in [-0.3, -0.25) is 4.98 Å². The summed E-state index contributed by atoms with van der Waals surface area (Å²) in [5, 5.41) is 10.1. The standard InChI is InChI=1S/C16H17N3O2/c1-11-12(9-17)10-18-14-8-15(16(20-2)7-13(11)14)19-3-5-21-6-4-19/h7-8,10H,3-6H2,1-2H3. The van der Waals surface area contributed by atoms with Crippen molar-refractivity contribution >= 4 is 16.6 Å². The lowest BCUT2D eigenvalue weighted by Crippen LogP contribution is -2.36. The number of nitrogens with zero attached hydrogens (tertiary/aromatic N) is 3. The Morgan fingerprint density at radius 2 is 2.10 bits per heavy atom. The maximum absolute atomic E-state index is 9.12. The van der Waals surface area contributed by atoms with Crippen molar-refractivity contribution in [1.82, 2.24) is 4.98 Å². The summed E-state index contributed by atoms with van der Waals surface area (Å²) in [7, 11) is 1.67. The Bertz CT molecular complexity index is 716. The molecule has 0 aliphatic carbocycles. The van der Waals surface area contributed by atoms with Crippen LogP contribution in [0.25, 0.3) is 10.9 Å². The molecule has 0 unspecified atom stereocenters. The van der Waals surface area contributed by atoms with Crippen LogP contribution in [0.4, 0.5) is 5.69 Å². The normalized spacial score (nSPS) is 15.0. The van der Waals surface area contributed by atoms with Gasteiger partial charge in [-0.05, 0) is 24.6 Å². The first-order valence-electron chi connectivity index (χ1n) is 6.94. The lowest BCUT2D eigenvalue weighted by Gasteiger charge is -2.30. The van der Waals surface area contributed by atoms with E-state index in [1.54, 1.807) is 13.3 Å². The molecule has 108 valence electrons. The Hall–Kier alpha value is -2.32. The van der Waals surface area contributed by atoms with E-state index >= 15 is 0 Å². The van der Waals surface area contributed by atoms with Crippen molar-refractivity contribution in [3.63, 3.8) is 0 Å². The number of nitriles is 1. The summed E-state index contributed by atoms with van der Waals surface area (Å²) in [6.45, 7) is 5.08. The lowest BCUT2D eigenvalue weighted by molar-refractivity contribution is 0.122. The Labute approximate surface area is 123 Å². The summed E-state index contributed by atoms with van der Waals surface area (Å²) < 4.78 is 10.9. The molecule has 21 heavy (non-hydrogen) atoms. The van der Waals surface area contributed by atoms with E-state index in [1.165, 1.54) is 0 Å². The van der Waals surface area contributed by atoms with E-state index in [9.17, 15) is 0 Å². The third-order valence-corrected chi connectivity index (χ3v) is 3.91. The predicted octanol–water partition coefficient (Wildman–Crippen LogP) is 2.26. The maximum atomic E-state index is 9.12. The number of hydrogen-bond acceptors (Lipinski definition) is 5. The monoisotopic (exact) mass is 283 g/mol. The van der Waals surface area contributed by atoms with Gasteiger partial charge in [0.25, 0.3) is 0 Å². The molecule has 2 heterocycles. The van der Waals surface area contributed by atoms with Gasteiger partial charge in [0.2, 0.25) is 0 Å². The molecule has 1 fully saturated rings. The van der Waals surface area contributed by atoms with E-state index in [0.717, 1.165) is 54.2 Å². The lowest BCUT2D eigenvalue weighted by atomic mass is 10.0. The first kappa shape index (κ1) is 13.7. The summed E-state index contributed by atoms with van der Waals surface area (Å²) >= 11 is 0. The van der Waals surface area contributed by atoms with Gasteiger partial charge in [-0.1, -0.05) is 0 Å². The van der Waals surface area contributed by atoms with Gasteiger partial charge >= 0.3 is 0 Å². The van der Waals surface area contributed by atoms with Crippen LogP contribution in [0.2, 0.25) is 0 Å². The third-order valence-electron chi connectivity index (χ3n) is 3.91. The molecule has 0 bridgehead atoms. The zero-order valence-electron chi connectivity index (χ0n) is 12.2. The number of aryl methyl sites for hydroxylation is 1. The quantitative estimate of drug-likeness (QED) is 0.846. The fourth-order valence-electron chi connectivity index (χ4n) is 2.67. The number of anilines is 1. The van der Waals surface area contributed by atoms with E-state index in [0.29, 0.717) is 5.56 Å². The van der Waals surface area contributed by atoms with Gasteiger partial charge in [0.05, 0.1) is 37.1 Å². The van der Waals surface area contributed by atoms with E-state index in [-0.39, 0.29) is 0 Å². The molecule has 5 nitrogen and oxygen atoms in total. The SMILES string of the molecule is COc1cc2c(C)c(C#N)cnc2cc1N1CCOCC1. The largest absolute Gasteiger partial charge is 0.495 e. The molecule has 1 aromatic heterocycles. The molecule has 0 radical (unpaired) electrons. The highest BCUT2D eigenvalue weighted by atomic mass is 16.5. The zero-order chi connectivity index (χ0) is 14.8. The average Bonchev–Trinajstić information content (AvgIpc) is 2.55. The minimum atomic E-state index is 0.601. The highest BCUT2D eigenvalue weighted by molar-refractivity contribution is 5.89. The number of aromatic nitrogens is 1. The van der Waals surface area contributed by atoms with Gasteiger partial charge in [-0.25, -0.2) is 0 Å². The second kappa shape index (κ2) is 5.58. The highest BCUT2D eigenvalue weighted by Crippen LogP contribution is 2.34. The van der Waals surface area contributed by atoms with Crippen LogP contribution < -0.4 is 9.64 Å². The number of benzene rings is 1. The van der Waals surface area contributed by atoms with Crippen LogP contribution in [0.3, 0.4) is 0 Å². The number of pyridine rings is 1. The van der Waals surface area contributed by atoms with Gasteiger partial charge in [-0.15, -0.1) is 0 Å². The van der Waals surface area contributed by atoms with Gasteiger partial charge in [0, 0.05) is 24.7 Å². The summed E-state index contributed by atoms with van der Waals surface area (Å²) in [6, 6.07) is 6.18. The molecule has 0 atom stereocenters. The first-order chi connectivity index (χ1) is 10.2. The van der Waals surface area contributed by atoms with Crippen LogP contribution in [-0.2, 0) is 4.74 Å². The van der Waals surface area contributed by atoms with Gasteiger partial charge in [0.15, 0.2) is 0 Å². The fourth-order valence-corrected chi connectivity index (χ4v) is 2.67. The van der Waals surface area contributed by atoms with E-state index < -0.39 is 0 Å². The number of morpholine rings is 1. The molecular formula is C16H17N3O2. The van der Waals surface area contributed by atoms with E-state index in [2.05, 4.69) is 16.0 Å². The van der Waals surface area contributed by atoms with Crippen molar-refractivity contribution in [1.29, 1.82) is 5.26 Å².